The fraction of sp³-hybridized carbons (Fsp3) is 0.350. The Balaban J connectivity index is 1.38. The van der Waals surface area contributed by atoms with Crippen LogP contribution in [0.2, 0.25) is 0 Å². The topological polar surface area (TPSA) is 133 Å². The van der Waals surface area contributed by atoms with Gasteiger partial charge in [0.15, 0.2) is 6.23 Å². The molecule has 4 aromatic rings. The average Bonchev–Trinajstić information content (AvgIpc) is 3.37. The number of fused-ring (bicyclic) bond motifs is 2. The van der Waals surface area contributed by atoms with Crippen LogP contribution in [0.15, 0.2) is 43.1 Å². The highest BCUT2D eigenvalue weighted by molar-refractivity contribution is 5.86. The van der Waals surface area contributed by atoms with E-state index >= 15 is 0 Å². The largest absolute Gasteiger partial charge is 0.491 e. The molecule has 1 aliphatic rings. The third-order valence-corrected chi connectivity index (χ3v) is 5.71. The predicted octanol–water partition coefficient (Wildman–Crippen LogP) is 1.06. The lowest BCUT2D eigenvalue weighted by atomic mass is 9.95. The molecule has 0 aliphatic carbocycles. The summed E-state index contributed by atoms with van der Waals surface area (Å²) in [6.07, 6.45) is 3.89. The minimum atomic E-state index is -1.53. The molecule has 0 saturated carbocycles. The number of nitrogens with zero attached hydrogens (tertiary/aromatic N) is 5. The first-order valence-corrected chi connectivity index (χ1v) is 9.55. The Morgan fingerprint density at radius 3 is 2.93 bits per heavy atom. The van der Waals surface area contributed by atoms with Crippen LogP contribution in [0.1, 0.15) is 18.8 Å². The Kier molecular flexibility index (Phi) is 4.17. The summed E-state index contributed by atoms with van der Waals surface area (Å²) in [5, 5.41) is 22.4. The number of aliphatic hydroxyl groups is 2. The van der Waals surface area contributed by atoms with Crippen LogP contribution >= 0.6 is 0 Å². The second-order valence-electron chi connectivity index (χ2n) is 7.71. The van der Waals surface area contributed by atoms with Crippen molar-refractivity contribution in [1.82, 2.24) is 23.9 Å². The standard InChI is InChI=1S/C20H22N6O4/c1-11-8-22-15-7-12(3-5-25(11)15)29-9-14-20(2,28)16(27)19(30-14)26-6-4-13-17(21)23-10-24-18(13)26/h3-8,10,14,16,19,27-28H,9H2,1-2H3,(H2,21,23,24)/t14-,16+,19?,20-/m1/s1. The van der Waals surface area contributed by atoms with Crippen molar-refractivity contribution in [1.29, 1.82) is 0 Å². The van der Waals surface area contributed by atoms with Gasteiger partial charge in [-0.25, -0.2) is 15.0 Å². The number of anilines is 1. The van der Waals surface area contributed by atoms with Crippen LogP contribution in [0.3, 0.4) is 0 Å². The maximum Gasteiger partial charge on any atom is 0.164 e. The number of hydrogen-bond donors (Lipinski definition) is 3. The van der Waals surface area contributed by atoms with Gasteiger partial charge in [-0.3, -0.25) is 0 Å². The molecule has 4 N–H and O–H groups in total. The van der Waals surface area contributed by atoms with Crippen LogP contribution < -0.4 is 10.5 Å². The van der Waals surface area contributed by atoms with E-state index in [1.807, 2.05) is 29.7 Å². The number of pyridine rings is 1. The average molecular weight is 410 g/mol. The monoisotopic (exact) mass is 410 g/mol. The third-order valence-electron chi connectivity index (χ3n) is 5.71. The van der Waals surface area contributed by atoms with Crippen LogP contribution in [-0.2, 0) is 4.74 Å². The summed E-state index contributed by atoms with van der Waals surface area (Å²) >= 11 is 0. The van der Waals surface area contributed by atoms with Gasteiger partial charge in [-0.05, 0) is 26.0 Å². The van der Waals surface area contributed by atoms with Gasteiger partial charge in [0.1, 0.15) is 53.6 Å². The van der Waals surface area contributed by atoms with Gasteiger partial charge in [-0.1, -0.05) is 0 Å². The first-order valence-electron chi connectivity index (χ1n) is 9.55. The van der Waals surface area contributed by atoms with Gasteiger partial charge in [0, 0.05) is 30.4 Å². The maximum atomic E-state index is 10.9. The van der Waals surface area contributed by atoms with E-state index in [0.717, 1.165) is 11.3 Å². The Morgan fingerprint density at radius 2 is 2.10 bits per heavy atom. The molecule has 0 amide bonds. The van der Waals surface area contributed by atoms with Crippen molar-refractivity contribution in [2.24, 2.45) is 0 Å². The molecule has 0 spiro atoms. The minimum Gasteiger partial charge on any atom is -0.491 e. The van der Waals surface area contributed by atoms with Crippen molar-refractivity contribution in [3.05, 3.63) is 48.8 Å². The molecule has 156 valence electrons. The second-order valence-corrected chi connectivity index (χ2v) is 7.71. The van der Waals surface area contributed by atoms with Gasteiger partial charge in [0.2, 0.25) is 0 Å². The van der Waals surface area contributed by atoms with Crippen LogP contribution in [0.25, 0.3) is 16.7 Å². The molecule has 1 fully saturated rings. The molecule has 10 nitrogen and oxygen atoms in total. The Bertz CT molecular complexity index is 1230. The van der Waals surface area contributed by atoms with Crippen molar-refractivity contribution in [3.63, 3.8) is 0 Å². The summed E-state index contributed by atoms with van der Waals surface area (Å²) in [5.74, 6) is 0.930. The molecular formula is C20H22N6O4. The molecule has 1 unspecified atom stereocenters. The second kappa shape index (κ2) is 6.66. The zero-order valence-corrected chi connectivity index (χ0v) is 16.5. The molecule has 5 heterocycles. The Labute approximate surface area is 171 Å². The molecule has 30 heavy (non-hydrogen) atoms. The van der Waals surface area contributed by atoms with E-state index in [0.29, 0.717) is 22.6 Å². The van der Waals surface area contributed by atoms with Gasteiger partial charge in [0.05, 0.1) is 5.39 Å². The number of nitrogen functional groups attached to an aromatic ring is 1. The van der Waals surface area contributed by atoms with Crippen LogP contribution in [-0.4, -0.2) is 58.5 Å². The number of ether oxygens (including phenoxy) is 2. The molecule has 1 saturated heterocycles. The van der Waals surface area contributed by atoms with Crippen LogP contribution in [0.4, 0.5) is 5.82 Å². The maximum absolute atomic E-state index is 10.9. The summed E-state index contributed by atoms with van der Waals surface area (Å²) in [5.41, 5.74) is 6.66. The fourth-order valence-electron chi connectivity index (χ4n) is 3.83. The molecule has 0 radical (unpaired) electrons. The van der Waals surface area contributed by atoms with Crippen molar-refractivity contribution in [3.8, 4) is 5.75 Å². The SMILES string of the molecule is Cc1cnc2cc(OC[C@H]3OC(n4ccc5c(N)ncnc54)[C@H](O)[C@]3(C)O)ccn12. The molecule has 4 aromatic heterocycles. The van der Waals surface area contributed by atoms with E-state index in [-0.39, 0.29) is 6.61 Å². The Morgan fingerprint density at radius 1 is 1.27 bits per heavy atom. The summed E-state index contributed by atoms with van der Waals surface area (Å²) in [7, 11) is 0. The lowest BCUT2D eigenvalue weighted by molar-refractivity contribution is -0.0765. The van der Waals surface area contributed by atoms with E-state index in [9.17, 15) is 10.2 Å². The summed E-state index contributed by atoms with van der Waals surface area (Å²) in [4.78, 5) is 12.5. The highest BCUT2D eigenvalue weighted by Gasteiger charge is 2.53. The normalized spacial score (nSPS) is 26.6. The number of rotatable bonds is 4. The predicted molar refractivity (Wildman–Crippen MR) is 108 cm³/mol. The molecule has 10 heteroatoms. The summed E-state index contributed by atoms with van der Waals surface area (Å²) < 4.78 is 15.5. The third kappa shape index (κ3) is 2.80. The van der Waals surface area contributed by atoms with Gasteiger partial charge in [-0.15, -0.1) is 0 Å². The lowest BCUT2D eigenvalue weighted by Crippen LogP contribution is -2.47. The number of aliphatic hydroxyl groups excluding tert-OH is 1. The zero-order chi connectivity index (χ0) is 21.0. The fourth-order valence-corrected chi connectivity index (χ4v) is 3.83. The van der Waals surface area contributed by atoms with Gasteiger partial charge >= 0.3 is 0 Å². The van der Waals surface area contributed by atoms with Crippen molar-refractivity contribution in [2.75, 3.05) is 12.3 Å². The van der Waals surface area contributed by atoms with E-state index in [1.165, 1.54) is 13.3 Å². The number of hydrogen-bond acceptors (Lipinski definition) is 8. The smallest absolute Gasteiger partial charge is 0.164 e. The van der Waals surface area contributed by atoms with Crippen molar-refractivity contribution < 1.29 is 19.7 Å². The van der Waals surface area contributed by atoms with Crippen molar-refractivity contribution >= 4 is 22.5 Å². The van der Waals surface area contributed by atoms with E-state index in [2.05, 4.69) is 15.0 Å². The first kappa shape index (κ1) is 18.8. The quantitative estimate of drug-likeness (QED) is 0.455. The lowest BCUT2D eigenvalue weighted by Gasteiger charge is -2.26. The summed E-state index contributed by atoms with van der Waals surface area (Å²) in [6, 6.07) is 5.38. The molecule has 0 aromatic carbocycles. The number of aryl methyl sites for hydroxylation is 1. The summed E-state index contributed by atoms with van der Waals surface area (Å²) in [6.45, 7) is 3.55. The molecule has 1 aliphatic heterocycles. The Hall–Kier alpha value is -3.21. The highest BCUT2D eigenvalue weighted by atomic mass is 16.6. The number of nitrogens with two attached hydrogens (primary N) is 1. The zero-order valence-electron chi connectivity index (χ0n) is 16.5. The van der Waals surface area contributed by atoms with E-state index in [1.54, 1.807) is 23.0 Å². The molecule has 4 atom stereocenters. The van der Waals surface area contributed by atoms with Gasteiger partial charge < -0.3 is 34.4 Å². The molecule has 5 rings (SSSR count). The van der Waals surface area contributed by atoms with Crippen molar-refractivity contribution in [2.45, 2.75) is 37.9 Å². The highest BCUT2D eigenvalue weighted by Crippen LogP contribution is 2.39. The van der Waals surface area contributed by atoms with Crippen LogP contribution in [0, 0.1) is 6.92 Å². The molecular weight excluding hydrogens is 388 g/mol. The molecule has 0 bridgehead atoms. The van der Waals surface area contributed by atoms with Gasteiger partial charge in [-0.2, -0.15) is 0 Å². The van der Waals surface area contributed by atoms with Gasteiger partial charge in [0.25, 0.3) is 0 Å². The van der Waals surface area contributed by atoms with Crippen LogP contribution in [0.5, 0.6) is 5.75 Å². The van der Waals surface area contributed by atoms with E-state index < -0.39 is 24.0 Å². The minimum absolute atomic E-state index is 0.0484. The number of aromatic nitrogens is 5. The number of imidazole rings is 1. The van der Waals surface area contributed by atoms with E-state index in [4.69, 9.17) is 15.2 Å². The first-order chi connectivity index (χ1) is 14.4.